The Morgan fingerprint density at radius 3 is 2.30 bits per heavy atom. The van der Waals surface area contributed by atoms with Crippen molar-refractivity contribution in [2.45, 2.75) is 78.4 Å². The zero-order valence-electron chi connectivity index (χ0n) is 22.5. The summed E-state index contributed by atoms with van der Waals surface area (Å²) in [6.45, 7) is 11.1. The number of esters is 2. The molecule has 2 N–H and O–H groups in total. The van der Waals surface area contributed by atoms with Gasteiger partial charge in [-0.2, -0.15) is 4.98 Å². The number of hydrogen-bond acceptors (Lipinski definition) is 10. The fraction of sp³-hybridized carbons (Fsp3) is 0.680. The summed E-state index contributed by atoms with van der Waals surface area (Å²) < 4.78 is 33.5. The second kappa shape index (κ2) is 11.1. The predicted molar refractivity (Wildman–Crippen MR) is 135 cm³/mol. The van der Waals surface area contributed by atoms with Crippen LogP contribution in [0.5, 0.6) is 0 Å². The van der Waals surface area contributed by atoms with Crippen LogP contribution in [0.1, 0.15) is 60.1 Å². The van der Waals surface area contributed by atoms with Crippen LogP contribution in [0.15, 0.2) is 4.99 Å². The first-order valence-electron chi connectivity index (χ1n) is 12.4. The van der Waals surface area contributed by atoms with E-state index in [1.54, 1.807) is 48.6 Å². The van der Waals surface area contributed by atoms with Crippen LogP contribution in [0.2, 0.25) is 0 Å². The Kier molecular flexibility index (Phi) is 8.51. The fourth-order valence-electron chi connectivity index (χ4n) is 4.03. The second-order valence-corrected chi connectivity index (χ2v) is 10.4. The molecule has 2 aliphatic heterocycles. The lowest BCUT2D eigenvalue weighted by atomic mass is 9.86. The van der Waals surface area contributed by atoms with Crippen LogP contribution in [0.25, 0.3) is 0 Å². The van der Waals surface area contributed by atoms with Crippen molar-refractivity contribution >= 4 is 41.5 Å². The fourth-order valence-corrected chi connectivity index (χ4v) is 4.03. The highest BCUT2D eigenvalue weighted by Crippen LogP contribution is 2.47. The third kappa shape index (κ3) is 5.89. The number of aromatic nitrogens is 2. The Morgan fingerprint density at radius 2 is 1.73 bits per heavy atom. The molecule has 1 amide bonds. The number of anilines is 2. The number of fused-ring (bicyclic) bond motifs is 1. The average molecular weight is 522 g/mol. The molecule has 1 unspecified atom stereocenters. The molecule has 12 heteroatoms. The summed E-state index contributed by atoms with van der Waals surface area (Å²) in [5, 5.41) is 5.58. The van der Waals surface area contributed by atoms with Gasteiger partial charge >= 0.3 is 11.9 Å². The number of hydrogen-bond donors (Lipinski definition) is 2. The minimum Gasteiger partial charge on any atom is -0.463 e. The van der Waals surface area contributed by atoms with E-state index in [4.69, 9.17) is 14.2 Å². The number of aliphatic imine (C=N–C) groups is 1. The van der Waals surface area contributed by atoms with E-state index in [0.717, 1.165) is 0 Å². The molecule has 0 aromatic carbocycles. The Morgan fingerprint density at radius 1 is 1.08 bits per heavy atom. The molecule has 0 spiro atoms. The lowest BCUT2D eigenvalue weighted by molar-refractivity contribution is -0.165. The van der Waals surface area contributed by atoms with Crippen LogP contribution in [0, 0.1) is 17.8 Å². The number of ether oxygens (including phenoxy) is 3. The van der Waals surface area contributed by atoms with Crippen molar-refractivity contribution in [3.8, 4) is 0 Å². The van der Waals surface area contributed by atoms with Gasteiger partial charge in [-0.25, -0.2) is 9.37 Å². The lowest BCUT2D eigenvalue weighted by Gasteiger charge is -2.29. The smallest absolute Gasteiger partial charge is 0.308 e. The number of carbonyl (C=O) groups is 3. The summed E-state index contributed by atoms with van der Waals surface area (Å²) in [7, 11) is 1.64. The van der Waals surface area contributed by atoms with Crippen LogP contribution in [0.3, 0.4) is 0 Å². The highest BCUT2D eigenvalue weighted by atomic mass is 19.1. The number of amides is 1. The molecule has 5 atom stereocenters. The molecule has 0 aliphatic carbocycles. The molecule has 204 valence electrons. The topological polar surface area (TPSA) is 141 Å². The van der Waals surface area contributed by atoms with E-state index in [2.05, 4.69) is 25.6 Å². The lowest BCUT2D eigenvalue weighted by Crippen LogP contribution is -2.47. The molecule has 1 aromatic rings. The van der Waals surface area contributed by atoms with Gasteiger partial charge < -0.3 is 19.5 Å². The molecule has 1 fully saturated rings. The maximum Gasteiger partial charge on any atom is 0.308 e. The third-order valence-electron chi connectivity index (χ3n) is 6.26. The Labute approximate surface area is 216 Å². The summed E-state index contributed by atoms with van der Waals surface area (Å²) >= 11 is 0. The normalized spacial score (nSPS) is 26.5. The van der Waals surface area contributed by atoms with Gasteiger partial charge in [0.1, 0.15) is 24.5 Å². The number of nitrogens with one attached hydrogen (secondary N) is 2. The van der Waals surface area contributed by atoms with Gasteiger partial charge in [0.25, 0.3) is 0 Å². The summed E-state index contributed by atoms with van der Waals surface area (Å²) in [5.74, 6) is -2.95. The first-order chi connectivity index (χ1) is 17.3. The van der Waals surface area contributed by atoms with Crippen molar-refractivity contribution in [2.24, 2.45) is 22.7 Å². The van der Waals surface area contributed by atoms with Crippen LogP contribution in [0.4, 0.5) is 21.8 Å². The molecular formula is C25H36FN5O6. The summed E-state index contributed by atoms with van der Waals surface area (Å²) in [5.41, 5.74) is -1.45. The summed E-state index contributed by atoms with van der Waals surface area (Å²) in [6.07, 6.45) is -2.07. The van der Waals surface area contributed by atoms with E-state index >= 15 is 4.39 Å². The van der Waals surface area contributed by atoms with Gasteiger partial charge in [-0.3, -0.25) is 24.7 Å². The monoisotopic (exact) mass is 521 g/mol. The van der Waals surface area contributed by atoms with E-state index in [1.807, 2.05) is 0 Å². The van der Waals surface area contributed by atoms with E-state index in [9.17, 15) is 14.4 Å². The van der Waals surface area contributed by atoms with Crippen LogP contribution < -0.4 is 10.6 Å². The molecule has 0 radical (unpaired) electrons. The van der Waals surface area contributed by atoms with Gasteiger partial charge in [0.15, 0.2) is 17.6 Å². The SMILES string of the molecule is CNc1nc(NC(=O)C(C)C)nc2c1N=CC2[C@@H]1O[C@H](COC(=O)C(C)C)[C@@H](OC(=O)C(C)C)[C@@]1(C)F. The highest BCUT2D eigenvalue weighted by molar-refractivity contribution is 5.92. The van der Waals surface area contributed by atoms with Crippen molar-refractivity contribution in [3.63, 3.8) is 0 Å². The summed E-state index contributed by atoms with van der Waals surface area (Å²) in [4.78, 5) is 49.9. The van der Waals surface area contributed by atoms with Gasteiger partial charge in [0, 0.05) is 19.2 Å². The zero-order valence-corrected chi connectivity index (χ0v) is 22.5. The van der Waals surface area contributed by atoms with Crippen molar-refractivity contribution < 1.29 is 33.0 Å². The minimum absolute atomic E-state index is 0.0426. The largest absolute Gasteiger partial charge is 0.463 e. The predicted octanol–water partition coefficient (Wildman–Crippen LogP) is 3.17. The van der Waals surface area contributed by atoms with Gasteiger partial charge in [-0.05, 0) is 6.92 Å². The maximum absolute atomic E-state index is 16.5. The molecule has 11 nitrogen and oxygen atoms in total. The standard InChI is InChI=1S/C25H36FN5O6/c1-11(2)21(32)31-24-29-16-14(9-28-17(16)20(27-8)30-24)18-25(7,26)19(37-23(34)13(5)6)15(36-18)10-35-22(33)12(3)4/h9,11-15,18-19H,10H2,1-8H3,(H2,27,29,30,31,32)/t14?,15-,18+,19-,25+/m1/s1. The van der Waals surface area contributed by atoms with Crippen molar-refractivity contribution in [2.75, 3.05) is 24.3 Å². The van der Waals surface area contributed by atoms with Gasteiger partial charge in [-0.15, -0.1) is 0 Å². The Hall–Kier alpha value is -3.15. The number of carbonyl (C=O) groups excluding carboxylic acids is 3. The van der Waals surface area contributed by atoms with Gasteiger partial charge in [0.2, 0.25) is 11.9 Å². The van der Waals surface area contributed by atoms with E-state index in [1.165, 1.54) is 13.1 Å². The van der Waals surface area contributed by atoms with E-state index in [0.29, 0.717) is 17.2 Å². The molecule has 1 aromatic heterocycles. The number of rotatable bonds is 9. The van der Waals surface area contributed by atoms with Crippen molar-refractivity contribution in [1.82, 2.24) is 9.97 Å². The van der Waals surface area contributed by atoms with Gasteiger partial charge in [0.05, 0.1) is 23.4 Å². The molecule has 1 saturated heterocycles. The molecular weight excluding hydrogens is 485 g/mol. The zero-order chi connectivity index (χ0) is 27.7. The quantitative estimate of drug-likeness (QED) is 0.469. The van der Waals surface area contributed by atoms with E-state index in [-0.39, 0.29) is 24.4 Å². The first kappa shape index (κ1) is 28.4. The molecule has 37 heavy (non-hydrogen) atoms. The van der Waals surface area contributed by atoms with Crippen LogP contribution in [-0.2, 0) is 28.6 Å². The molecule has 0 bridgehead atoms. The molecule has 0 saturated carbocycles. The Bertz CT molecular complexity index is 1070. The third-order valence-corrected chi connectivity index (χ3v) is 6.26. The van der Waals surface area contributed by atoms with Crippen molar-refractivity contribution in [1.29, 1.82) is 0 Å². The van der Waals surface area contributed by atoms with Crippen LogP contribution in [-0.4, -0.2) is 71.7 Å². The molecule has 3 heterocycles. The van der Waals surface area contributed by atoms with Crippen LogP contribution >= 0.6 is 0 Å². The second-order valence-electron chi connectivity index (χ2n) is 10.4. The van der Waals surface area contributed by atoms with E-state index < -0.39 is 53.7 Å². The highest BCUT2D eigenvalue weighted by Gasteiger charge is 2.60. The van der Waals surface area contributed by atoms with Gasteiger partial charge in [-0.1, -0.05) is 41.5 Å². The van der Waals surface area contributed by atoms with Crippen molar-refractivity contribution in [3.05, 3.63) is 5.69 Å². The molecule has 2 aliphatic rings. The number of halogens is 1. The number of alkyl halides is 1. The number of nitrogens with zero attached hydrogens (tertiary/aromatic N) is 3. The maximum atomic E-state index is 16.5. The summed E-state index contributed by atoms with van der Waals surface area (Å²) in [6, 6.07) is 0. The minimum atomic E-state index is -2.19. The Balaban J connectivity index is 1.96. The average Bonchev–Trinajstić information content (AvgIpc) is 3.34. The first-order valence-corrected chi connectivity index (χ1v) is 12.4. The molecule has 3 rings (SSSR count).